The van der Waals surface area contributed by atoms with Crippen molar-refractivity contribution in [1.82, 2.24) is 14.3 Å². The van der Waals surface area contributed by atoms with Gasteiger partial charge in [-0.2, -0.15) is 0 Å². The second-order valence-electron chi connectivity index (χ2n) is 6.68. The molecule has 1 atom stereocenters. The fourth-order valence-corrected chi connectivity index (χ4v) is 3.49. The first-order valence-corrected chi connectivity index (χ1v) is 8.49. The number of carbonyl (C=O) groups excluding carboxylic acids is 1. The monoisotopic (exact) mass is 326 g/mol. The molecule has 1 aromatic carbocycles. The first-order valence-electron chi connectivity index (χ1n) is 8.49. The largest absolute Gasteiger partial charge is 0.368 e. The Hall–Kier alpha value is -2.50. The highest BCUT2D eigenvalue weighted by atomic mass is 16.2. The van der Waals surface area contributed by atoms with Crippen molar-refractivity contribution < 1.29 is 4.79 Å². The molecule has 1 unspecified atom stereocenters. The van der Waals surface area contributed by atoms with Gasteiger partial charge in [0, 0.05) is 19.6 Å². The summed E-state index contributed by atoms with van der Waals surface area (Å²) in [6.07, 6.45) is 2.99. The van der Waals surface area contributed by atoms with E-state index in [0.717, 1.165) is 37.2 Å². The predicted octanol–water partition coefficient (Wildman–Crippen LogP) is 1.66. The second-order valence-corrected chi connectivity index (χ2v) is 6.68. The molecule has 1 aromatic heterocycles. The van der Waals surface area contributed by atoms with E-state index in [-0.39, 0.29) is 17.5 Å². The van der Waals surface area contributed by atoms with Crippen molar-refractivity contribution in [3.63, 3.8) is 0 Å². The van der Waals surface area contributed by atoms with Gasteiger partial charge in [0.1, 0.15) is 11.7 Å². The van der Waals surface area contributed by atoms with Crippen LogP contribution >= 0.6 is 0 Å². The molecule has 1 N–H and O–H groups in total. The number of hydrogen-bond donors (Lipinski definition) is 1. The van der Waals surface area contributed by atoms with E-state index in [1.54, 1.807) is 4.68 Å². The van der Waals surface area contributed by atoms with Crippen LogP contribution in [0.3, 0.4) is 0 Å². The highest BCUT2D eigenvalue weighted by Gasteiger charge is 2.40. The van der Waals surface area contributed by atoms with Crippen molar-refractivity contribution >= 4 is 11.6 Å². The molecule has 2 heterocycles. The van der Waals surface area contributed by atoms with Gasteiger partial charge in [-0.3, -0.25) is 14.3 Å². The fraction of sp³-hybridized carbons (Fsp3) is 0.444. The number of benzene rings is 1. The summed E-state index contributed by atoms with van der Waals surface area (Å²) < 4.78 is 3.47. The van der Waals surface area contributed by atoms with Gasteiger partial charge < -0.3 is 10.2 Å². The van der Waals surface area contributed by atoms with E-state index in [4.69, 9.17) is 0 Å². The molecule has 1 saturated carbocycles. The quantitative estimate of drug-likeness (QED) is 0.929. The summed E-state index contributed by atoms with van der Waals surface area (Å²) in [5, 5.41) is 3.23. The molecule has 2 aromatic rings. The molecule has 2 aliphatic rings. The molecule has 6 nitrogen and oxygen atoms in total. The van der Waals surface area contributed by atoms with Crippen molar-refractivity contribution in [2.75, 3.05) is 11.9 Å². The van der Waals surface area contributed by atoms with Crippen LogP contribution in [0, 0.1) is 6.92 Å². The molecule has 0 bridgehead atoms. The third-order valence-corrected chi connectivity index (χ3v) is 5.10. The zero-order valence-corrected chi connectivity index (χ0v) is 14.0. The predicted molar refractivity (Wildman–Crippen MR) is 92.5 cm³/mol. The Morgan fingerprint density at radius 3 is 2.46 bits per heavy atom. The van der Waals surface area contributed by atoms with Gasteiger partial charge in [0.2, 0.25) is 5.91 Å². The van der Waals surface area contributed by atoms with E-state index in [0.29, 0.717) is 11.7 Å². The van der Waals surface area contributed by atoms with Crippen LogP contribution in [0.15, 0.2) is 35.1 Å². The van der Waals surface area contributed by atoms with Crippen LogP contribution in [0.2, 0.25) is 0 Å². The minimum absolute atomic E-state index is 0.112. The summed E-state index contributed by atoms with van der Waals surface area (Å²) in [7, 11) is 1.86. The van der Waals surface area contributed by atoms with Crippen LogP contribution in [0.4, 0.5) is 5.69 Å². The van der Waals surface area contributed by atoms with Crippen LogP contribution in [0.25, 0.3) is 5.69 Å². The SMILES string of the molecule is Cc1c(NC2CCN(C3CC3)C2=O)c(=O)n(-c2ccccc2)n1C. The molecular weight excluding hydrogens is 304 g/mol. The summed E-state index contributed by atoms with van der Waals surface area (Å²) in [6, 6.07) is 9.69. The number of nitrogens with one attached hydrogen (secondary N) is 1. The Balaban J connectivity index is 1.65. The number of para-hydroxylation sites is 1. The molecule has 126 valence electrons. The van der Waals surface area contributed by atoms with Crippen LogP contribution in [0.1, 0.15) is 25.0 Å². The van der Waals surface area contributed by atoms with Gasteiger partial charge in [0.05, 0.1) is 11.4 Å². The number of rotatable bonds is 4. The summed E-state index contributed by atoms with van der Waals surface area (Å²) in [4.78, 5) is 27.4. The fourth-order valence-electron chi connectivity index (χ4n) is 3.49. The lowest BCUT2D eigenvalue weighted by Crippen LogP contribution is -2.36. The molecule has 1 amide bonds. The van der Waals surface area contributed by atoms with Gasteiger partial charge >= 0.3 is 0 Å². The third-order valence-electron chi connectivity index (χ3n) is 5.10. The van der Waals surface area contributed by atoms with Crippen molar-refractivity contribution in [3.05, 3.63) is 46.4 Å². The van der Waals surface area contributed by atoms with Gasteiger partial charge in [0.25, 0.3) is 5.56 Å². The van der Waals surface area contributed by atoms with Gasteiger partial charge in [-0.05, 0) is 38.3 Å². The molecule has 0 radical (unpaired) electrons. The van der Waals surface area contributed by atoms with E-state index in [1.165, 1.54) is 0 Å². The standard InChI is InChI=1S/C18H22N4O2/c1-12-16(19-15-10-11-21(17(15)23)13-8-9-13)18(24)22(20(12)2)14-6-4-3-5-7-14/h3-7,13,15,19H,8-11H2,1-2H3. The first-order chi connectivity index (χ1) is 11.6. The zero-order chi connectivity index (χ0) is 16.8. The molecule has 6 heteroatoms. The lowest BCUT2D eigenvalue weighted by atomic mass is 10.2. The Morgan fingerprint density at radius 2 is 1.79 bits per heavy atom. The number of likely N-dealkylation sites (tertiary alicyclic amines) is 1. The van der Waals surface area contributed by atoms with Gasteiger partial charge in [-0.25, -0.2) is 4.68 Å². The molecule has 1 aliphatic carbocycles. The molecule has 1 saturated heterocycles. The van der Waals surface area contributed by atoms with Crippen molar-refractivity contribution in [3.8, 4) is 5.69 Å². The Morgan fingerprint density at radius 1 is 1.08 bits per heavy atom. The van der Waals surface area contributed by atoms with E-state index < -0.39 is 0 Å². The summed E-state index contributed by atoms with van der Waals surface area (Å²) >= 11 is 0. The normalized spacial score (nSPS) is 20.7. The molecule has 1 aliphatic heterocycles. The lowest BCUT2D eigenvalue weighted by Gasteiger charge is -2.16. The minimum Gasteiger partial charge on any atom is -0.368 e. The van der Waals surface area contributed by atoms with Crippen molar-refractivity contribution in [2.24, 2.45) is 7.05 Å². The molecule has 0 spiro atoms. The maximum absolute atomic E-state index is 12.9. The lowest BCUT2D eigenvalue weighted by molar-refractivity contribution is -0.128. The first kappa shape index (κ1) is 15.1. The van der Waals surface area contributed by atoms with E-state index in [1.807, 2.05) is 53.9 Å². The van der Waals surface area contributed by atoms with E-state index >= 15 is 0 Å². The summed E-state index contributed by atoms with van der Waals surface area (Å²) in [5.41, 5.74) is 2.07. The second kappa shape index (κ2) is 5.54. The van der Waals surface area contributed by atoms with Crippen molar-refractivity contribution in [2.45, 2.75) is 38.3 Å². The Bertz CT molecular complexity index is 833. The van der Waals surface area contributed by atoms with E-state index in [9.17, 15) is 9.59 Å². The highest BCUT2D eigenvalue weighted by Crippen LogP contribution is 2.31. The topological polar surface area (TPSA) is 59.3 Å². The third kappa shape index (κ3) is 2.33. The highest BCUT2D eigenvalue weighted by molar-refractivity contribution is 5.87. The molecular formula is C18H22N4O2. The van der Waals surface area contributed by atoms with Crippen molar-refractivity contribution in [1.29, 1.82) is 0 Å². The molecule has 4 rings (SSSR count). The number of anilines is 1. The average molecular weight is 326 g/mol. The van der Waals surface area contributed by atoms with Crippen LogP contribution in [0.5, 0.6) is 0 Å². The number of amides is 1. The number of aromatic nitrogens is 2. The van der Waals surface area contributed by atoms with Crippen LogP contribution < -0.4 is 10.9 Å². The number of hydrogen-bond acceptors (Lipinski definition) is 3. The number of nitrogens with zero attached hydrogens (tertiary/aromatic N) is 3. The molecule has 2 fully saturated rings. The van der Waals surface area contributed by atoms with Gasteiger partial charge in [0.15, 0.2) is 0 Å². The number of carbonyl (C=O) groups is 1. The Labute approximate surface area is 140 Å². The summed E-state index contributed by atoms with van der Waals surface area (Å²) in [5.74, 6) is 0.131. The average Bonchev–Trinajstić information content (AvgIpc) is 3.33. The van der Waals surface area contributed by atoms with Gasteiger partial charge in [-0.1, -0.05) is 18.2 Å². The maximum atomic E-state index is 12.9. The molecule has 24 heavy (non-hydrogen) atoms. The van der Waals surface area contributed by atoms with Crippen LogP contribution in [-0.2, 0) is 11.8 Å². The minimum atomic E-state index is -0.288. The smallest absolute Gasteiger partial charge is 0.295 e. The van der Waals surface area contributed by atoms with E-state index in [2.05, 4.69) is 5.32 Å². The maximum Gasteiger partial charge on any atom is 0.295 e. The van der Waals surface area contributed by atoms with Gasteiger partial charge in [-0.15, -0.1) is 0 Å². The Kier molecular flexibility index (Phi) is 3.48. The van der Waals surface area contributed by atoms with Crippen LogP contribution in [-0.4, -0.2) is 38.8 Å². The zero-order valence-electron chi connectivity index (χ0n) is 14.0. The summed E-state index contributed by atoms with van der Waals surface area (Å²) in [6.45, 7) is 2.70.